The normalized spacial score (nSPS) is 29.4. The first-order valence-corrected chi connectivity index (χ1v) is 23.3. The number of hydrogen-bond acceptors (Lipinski definition) is 30. The van der Waals surface area contributed by atoms with Gasteiger partial charge in [0.25, 0.3) is 5.79 Å². The first-order chi connectivity index (χ1) is 35.9. The molecule has 31 nitrogen and oxygen atoms in total. The number of nitrogens with one attached hydrogen (secondary N) is 1. The standard InChI is InChI=1S/C46H63NO30/c1-18(48)47-34-30(65-22(5)52)14-46(45(60)61-13,76-38(34)35(67-24(7)54)31(66-23(6)53)15-62-19(2)49)77-40-37(68-25(8)55)33(17-64-21(4)51)74-44(42(40)71-28(11)58)75-36-32(16-63-20(3)50)73-43(72-29(12)59)41(70-27(10)57)39(36)69-26(9)56/h30-44H,14-17H2,1-13H3,(H,47,48)/t30-,31+,32+,33+,34+,35+,36+,37-,38+,39-,40-,41+,42+,43?,44-,46-/m0/s1. The summed E-state index contributed by atoms with van der Waals surface area (Å²) in [5.41, 5.74) is 0. The van der Waals surface area contributed by atoms with Crippen molar-refractivity contribution in [3.63, 3.8) is 0 Å². The zero-order chi connectivity index (χ0) is 58.2. The van der Waals surface area contributed by atoms with Crippen LogP contribution in [-0.2, 0) is 143 Å². The maximum atomic E-state index is 14.7. The molecule has 3 heterocycles. The molecule has 0 aromatic heterocycles. The summed E-state index contributed by atoms with van der Waals surface area (Å²) in [5, 5.41) is 2.48. The Morgan fingerprint density at radius 3 is 1.40 bits per heavy atom. The fourth-order valence-electron chi connectivity index (χ4n) is 8.28. The van der Waals surface area contributed by atoms with Gasteiger partial charge in [-0.2, -0.15) is 0 Å². The van der Waals surface area contributed by atoms with Crippen molar-refractivity contribution in [2.45, 2.75) is 187 Å². The quantitative estimate of drug-likeness (QED) is 0.0918. The summed E-state index contributed by atoms with van der Waals surface area (Å²) >= 11 is 0. The topological polar surface area (TPSA) is 391 Å². The Balaban J connectivity index is 2.54. The number of carbonyl (C=O) groups excluding carboxylic acids is 13. The lowest BCUT2D eigenvalue weighted by Gasteiger charge is -2.52. The van der Waals surface area contributed by atoms with Gasteiger partial charge in [0.2, 0.25) is 18.3 Å². The second kappa shape index (κ2) is 28.9. The van der Waals surface area contributed by atoms with Gasteiger partial charge in [0.05, 0.1) is 19.6 Å². The van der Waals surface area contributed by atoms with Crippen LogP contribution in [0, 0.1) is 0 Å². The Bertz CT molecular complexity index is 2220. The summed E-state index contributed by atoms with van der Waals surface area (Å²) < 4.78 is 96.9. The summed E-state index contributed by atoms with van der Waals surface area (Å²) in [7, 11) is 0.815. The van der Waals surface area contributed by atoms with E-state index in [9.17, 15) is 62.3 Å². The molecule has 3 aliphatic rings. The molecule has 1 amide bonds. The van der Waals surface area contributed by atoms with Crippen molar-refractivity contribution in [3.05, 3.63) is 0 Å². The summed E-state index contributed by atoms with van der Waals surface area (Å²) in [6.07, 6.45) is -29.1. The van der Waals surface area contributed by atoms with Gasteiger partial charge in [0.15, 0.2) is 36.8 Å². The molecule has 0 aromatic carbocycles. The number of carbonyl (C=O) groups is 13. The molecule has 1 unspecified atom stereocenters. The van der Waals surface area contributed by atoms with Crippen LogP contribution in [0.15, 0.2) is 0 Å². The third-order valence-electron chi connectivity index (χ3n) is 10.7. The Morgan fingerprint density at radius 2 is 0.948 bits per heavy atom. The van der Waals surface area contributed by atoms with Crippen molar-refractivity contribution in [2.24, 2.45) is 0 Å². The van der Waals surface area contributed by atoms with Crippen molar-refractivity contribution < 1.29 is 143 Å². The maximum absolute atomic E-state index is 14.7. The van der Waals surface area contributed by atoms with E-state index >= 15 is 0 Å². The van der Waals surface area contributed by atoms with Crippen LogP contribution in [0.3, 0.4) is 0 Å². The fraction of sp³-hybridized carbons (Fsp3) is 0.717. The molecule has 31 heteroatoms. The minimum Gasteiger partial charge on any atom is -0.465 e. The van der Waals surface area contributed by atoms with Crippen molar-refractivity contribution in [1.82, 2.24) is 5.32 Å². The summed E-state index contributed by atoms with van der Waals surface area (Å²) in [6, 6.07) is -1.73. The molecule has 0 radical (unpaired) electrons. The Kier molecular flexibility index (Phi) is 24.1. The number of hydrogen-bond donors (Lipinski definition) is 1. The van der Waals surface area contributed by atoms with Gasteiger partial charge in [0, 0.05) is 83.1 Å². The summed E-state index contributed by atoms with van der Waals surface area (Å²) in [4.78, 5) is 167. The third-order valence-corrected chi connectivity index (χ3v) is 10.7. The first-order valence-electron chi connectivity index (χ1n) is 23.3. The van der Waals surface area contributed by atoms with Crippen LogP contribution >= 0.6 is 0 Å². The van der Waals surface area contributed by atoms with E-state index in [0.29, 0.717) is 0 Å². The Hall–Kier alpha value is -7.09. The largest absolute Gasteiger partial charge is 0.465 e. The lowest BCUT2D eigenvalue weighted by atomic mass is 9.87. The SMILES string of the molecule is COC(=O)[C@@]1(O[C@H]2[C@@H](OC(C)=O)[C@@H](COC(C)=O)O[C@@H](O[C@H]3[C@H](OC(C)=O)[C@@H](OC(C)=O)C(OC(C)=O)O[C@@H]3COC(C)=O)[C@@H]2OC(C)=O)C[C@H](OC(C)=O)[C@@H](NC(C)=O)[C@H]([C@H](OC(C)=O)[C@@H](COC(C)=O)OC(C)=O)O1. The first kappa shape index (κ1) is 64.2. The monoisotopic (exact) mass is 1110 g/mol. The highest BCUT2D eigenvalue weighted by Crippen LogP contribution is 2.42. The van der Waals surface area contributed by atoms with Crippen molar-refractivity contribution >= 4 is 77.5 Å². The molecule has 0 aromatic rings. The second-order valence-electron chi connectivity index (χ2n) is 17.2. The molecule has 1 N–H and O–H groups in total. The van der Waals surface area contributed by atoms with Gasteiger partial charge in [-0.05, 0) is 0 Å². The van der Waals surface area contributed by atoms with E-state index in [1.54, 1.807) is 0 Å². The van der Waals surface area contributed by atoms with Gasteiger partial charge >= 0.3 is 71.6 Å². The van der Waals surface area contributed by atoms with Crippen LogP contribution in [0.1, 0.15) is 89.5 Å². The predicted molar refractivity (Wildman–Crippen MR) is 239 cm³/mol. The molecule has 77 heavy (non-hydrogen) atoms. The highest BCUT2D eigenvalue weighted by molar-refractivity contribution is 5.79. The zero-order valence-corrected chi connectivity index (χ0v) is 44.2. The van der Waals surface area contributed by atoms with Gasteiger partial charge in [-0.25, -0.2) is 4.79 Å². The number of rotatable bonds is 22. The fourth-order valence-corrected chi connectivity index (χ4v) is 8.28. The average Bonchev–Trinajstić information content (AvgIpc) is 3.28. The molecule has 3 saturated heterocycles. The van der Waals surface area contributed by atoms with Crippen molar-refractivity contribution in [1.29, 1.82) is 0 Å². The van der Waals surface area contributed by atoms with E-state index in [-0.39, 0.29) is 0 Å². The van der Waals surface area contributed by atoms with Crippen molar-refractivity contribution in [3.8, 4) is 0 Å². The van der Waals surface area contributed by atoms with Gasteiger partial charge in [-0.15, -0.1) is 0 Å². The van der Waals surface area contributed by atoms with Crippen LogP contribution in [0.4, 0.5) is 0 Å². The Morgan fingerprint density at radius 1 is 0.494 bits per heavy atom. The van der Waals surface area contributed by atoms with E-state index in [0.717, 1.165) is 90.2 Å². The lowest BCUT2D eigenvalue weighted by molar-refractivity contribution is -0.385. The van der Waals surface area contributed by atoms with Crippen LogP contribution in [0.5, 0.6) is 0 Å². The van der Waals surface area contributed by atoms with E-state index in [1.165, 1.54) is 0 Å². The van der Waals surface area contributed by atoms with Crippen LogP contribution in [0.2, 0.25) is 0 Å². The highest BCUT2D eigenvalue weighted by atomic mass is 16.8. The van der Waals surface area contributed by atoms with Gasteiger partial charge < -0.3 is 85.8 Å². The Labute approximate surface area is 439 Å². The number of esters is 12. The van der Waals surface area contributed by atoms with Gasteiger partial charge in [-0.3, -0.25) is 57.5 Å². The van der Waals surface area contributed by atoms with Crippen molar-refractivity contribution in [2.75, 3.05) is 26.9 Å². The van der Waals surface area contributed by atoms with E-state index in [2.05, 4.69) is 5.32 Å². The minimum atomic E-state index is -3.17. The van der Waals surface area contributed by atoms with Crippen LogP contribution < -0.4 is 5.32 Å². The molecule has 3 fully saturated rings. The number of amides is 1. The van der Waals surface area contributed by atoms with Crippen LogP contribution in [0.25, 0.3) is 0 Å². The lowest BCUT2D eigenvalue weighted by Crippen LogP contribution is -2.72. The molecule has 3 rings (SSSR count). The average molecular weight is 1110 g/mol. The summed E-state index contributed by atoms with van der Waals surface area (Å²) in [6.45, 7) is 8.61. The third kappa shape index (κ3) is 19.2. The molecule has 432 valence electrons. The van der Waals surface area contributed by atoms with E-state index < -0.39 is 201 Å². The number of ether oxygens (including phenoxy) is 17. The minimum absolute atomic E-state index is 0.815. The number of methoxy groups -OCH3 is 1. The molecule has 0 aliphatic carbocycles. The summed E-state index contributed by atoms with van der Waals surface area (Å²) in [5.74, 6) is -17.2. The maximum Gasteiger partial charge on any atom is 0.366 e. The molecule has 0 saturated carbocycles. The predicted octanol–water partition coefficient (Wildman–Crippen LogP) is -1.86. The highest BCUT2D eigenvalue weighted by Gasteiger charge is 2.64. The van der Waals surface area contributed by atoms with Crippen LogP contribution in [-0.4, -0.2) is 202 Å². The molecular formula is C46H63NO30. The molecule has 0 bridgehead atoms. The van der Waals surface area contributed by atoms with E-state index in [1.807, 2.05) is 0 Å². The zero-order valence-electron chi connectivity index (χ0n) is 44.2. The molecule has 3 aliphatic heterocycles. The molecule has 16 atom stereocenters. The van der Waals surface area contributed by atoms with Gasteiger partial charge in [-0.1, -0.05) is 0 Å². The smallest absolute Gasteiger partial charge is 0.366 e. The second-order valence-corrected chi connectivity index (χ2v) is 17.2. The molecular weight excluding hydrogens is 1050 g/mol. The molecule has 0 spiro atoms. The van der Waals surface area contributed by atoms with E-state index in [4.69, 9.17) is 80.5 Å². The van der Waals surface area contributed by atoms with Gasteiger partial charge in [0.1, 0.15) is 56.4 Å².